The summed E-state index contributed by atoms with van der Waals surface area (Å²) in [7, 11) is 1.78. The van der Waals surface area contributed by atoms with Crippen LogP contribution in [-0.4, -0.2) is 15.7 Å². The summed E-state index contributed by atoms with van der Waals surface area (Å²) in [5.41, 5.74) is 1.50. The number of hydrogen-bond acceptors (Lipinski definition) is 2. The van der Waals surface area contributed by atoms with Gasteiger partial charge in [-0.3, -0.25) is 9.48 Å². The van der Waals surface area contributed by atoms with E-state index in [9.17, 15) is 9.18 Å². The molecule has 0 saturated carbocycles. The maximum atomic E-state index is 12.9. The molecule has 6 heteroatoms. The number of aryl methyl sites for hydroxylation is 1. The molecule has 1 N–H and O–H groups in total. The van der Waals surface area contributed by atoms with Gasteiger partial charge in [-0.2, -0.15) is 5.10 Å². The third-order valence-electron chi connectivity index (χ3n) is 2.76. The third-order valence-corrected chi connectivity index (χ3v) is 3.11. The first kappa shape index (κ1) is 13.5. The van der Waals surface area contributed by atoms with Crippen molar-refractivity contribution in [1.29, 1.82) is 0 Å². The van der Waals surface area contributed by atoms with Crippen LogP contribution in [0.5, 0.6) is 0 Å². The van der Waals surface area contributed by atoms with Crippen LogP contribution in [0, 0.1) is 5.82 Å². The number of aromatic nitrogens is 2. The second-order valence-corrected chi connectivity index (χ2v) is 4.54. The van der Waals surface area contributed by atoms with Gasteiger partial charge in [0.15, 0.2) is 0 Å². The zero-order chi connectivity index (χ0) is 13.8. The van der Waals surface area contributed by atoms with Gasteiger partial charge in [0.1, 0.15) is 5.82 Å². The van der Waals surface area contributed by atoms with Gasteiger partial charge < -0.3 is 5.32 Å². The van der Waals surface area contributed by atoms with Gasteiger partial charge in [-0.25, -0.2) is 4.39 Å². The molecule has 0 fully saturated rings. The first-order valence-electron chi connectivity index (χ1n) is 5.74. The summed E-state index contributed by atoms with van der Waals surface area (Å²) in [4.78, 5) is 11.7. The van der Waals surface area contributed by atoms with Crippen molar-refractivity contribution in [2.75, 3.05) is 0 Å². The molecule has 2 aromatic rings. The number of benzene rings is 1. The maximum absolute atomic E-state index is 12.9. The van der Waals surface area contributed by atoms with E-state index in [2.05, 4.69) is 10.4 Å². The monoisotopic (exact) mass is 281 g/mol. The molecule has 100 valence electrons. The standard InChI is InChI=1S/C13H13ClFN3O/c1-18-11(4-5-17-18)7-13(19)16-8-9-2-3-10(15)6-12(9)14/h2-6H,7-8H2,1H3,(H,16,19). The average molecular weight is 282 g/mol. The Morgan fingerprint density at radius 1 is 1.47 bits per heavy atom. The highest BCUT2D eigenvalue weighted by Gasteiger charge is 2.08. The molecular weight excluding hydrogens is 269 g/mol. The van der Waals surface area contributed by atoms with E-state index in [4.69, 9.17) is 11.6 Å². The summed E-state index contributed by atoms with van der Waals surface area (Å²) in [6.07, 6.45) is 1.88. The molecule has 19 heavy (non-hydrogen) atoms. The molecule has 0 aliphatic heterocycles. The summed E-state index contributed by atoms with van der Waals surface area (Å²) < 4.78 is 14.5. The molecule has 1 amide bonds. The summed E-state index contributed by atoms with van der Waals surface area (Å²) >= 11 is 5.88. The van der Waals surface area contributed by atoms with Crippen molar-refractivity contribution in [2.45, 2.75) is 13.0 Å². The molecule has 2 rings (SSSR count). The Morgan fingerprint density at radius 3 is 2.89 bits per heavy atom. The molecule has 0 saturated heterocycles. The Labute approximate surface area is 115 Å². The van der Waals surface area contributed by atoms with Crippen molar-refractivity contribution >= 4 is 17.5 Å². The van der Waals surface area contributed by atoms with Crippen LogP contribution in [-0.2, 0) is 24.8 Å². The predicted molar refractivity (Wildman–Crippen MR) is 70.2 cm³/mol. The fourth-order valence-electron chi connectivity index (χ4n) is 1.66. The van der Waals surface area contributed by atoms with Gasteiger partial charge in [0.2, 0.25) is 5.91 Å². The highest BCUT2D eigenvalue weighted by molar-refractivity contribution is 6.31. The minimum Gasteiger partial charge on any atom is -0.352 e. The number of nitrogens with zero attached hydrogens (tertiary/aromatic N) is 2. The molecule has 4 nitrogen and oxygen atoms in total. The van der Waals surface area contributed by atoms with Crippen LogP contribution in [0.25, 0.3) is 0 Å². The Bertz CT molecular complexity index is 597. The van der Waals surface area contributed by atoms with Crippen LogP contribution in [0.1, 0.15) is 11.3 Å². The molecule has 1 heterocycles. The minimum atomic E-state index is -0.394. The molecule has 1 aromatic heterocycles. The third kappa shape index (κ3) is 3.54. The molecule has 0 atom stereocenters. The topological polar surface area (TPSA) is 46.9 Å². The summed E-state index contributed by atoms with van der Waals surface area (Å²) in [5, 5.41) is 7.03. The van der Waals surface area contributed by atoms with E-state index in [1.807, 2.05) is 0 Å². The Balaban J connectivity index is 1.92. The van der Waals surface area contributed by atoms with Gasteiger partial charge >= 0.3 is 0 Å². The number of halogens is 2. The zero-order valence-corrected chi connectivity index (χ0v) is 11.1. The van der Waals surface area contributed by atoms with Gasteiger partial charge in [0.25, 0.3) is 0 Å². The van der Waals surface area contributed by atoms with Crippen molar-refractivity contribution < 1.29 is 9.18 Å². The van der Waals surface area contributed by atoms with E-state index >= 15 is 0 Å². The van der Waals surface area contributed by atoms with E-state index in [-0.39, 0.29) is 18.9 Å². The lowest BCUT2D eigenvalue weighted by molar-refractivity contribution is -0.120. The van der Waals surface area contributed by atoms with E-state index in [0.717, 1.165) is 5.69 Å². The number of amides is 1. The number of hydrogen-bond donors (Lipinski definition) is 1. The van der Waals surface area contributed by atoms with Crippen molar-refractivity contribution in [3.05, 3.63) is 52.6 Å². The highest BCUT2D eigenvalue weighted by atomic mass is 35.5. The lowest BCUT2D eigenvalue weighted by Crippen LogP contribution is -2.25. The van der Waals surface area contributed by atoms with E-state index < -0.39 is 5.82 Å². The van der Waals surface area contributed by atoms with Gasteiger partial charge in [0, 0.05) is 30.5 Å². The first-order chi connectivity index (χ1) is 9.06. The molecule has 0 spiro atoms. The fraction of sp³-hybridized carbons (Fsp3) is 0.231. The normalized spacial score (nSPS) is 10.5. The van der Waals surface area contributed by atoms with Crippen molar-refractivity contribution in [3.63, 3.8) is 0 Å². The SMILES string of the molecule is Cn1nccc1CC(=O)NCc1ccc(F)cc1Cl. The number of nitrogens with one attached hydrogen (secondary N) is 1. The molecule has 0 bridgehead atoms. The van der Waals surface area contributed by atoms with Gasteiger partial charge in [-0.15, -0.1) is 0 Å². The Hall–Kier alpha value is -1.88. The second-order valence-electron chi connectivity index (χ2n) is 4.14. The summed E-state index contributed by atoms with van der Waals surface area (Å²) in [5.74, 6) is -0.529. The van der Waals surface area contributed by atoms with E-state index in [0.29, 0.717) is 10.6 Å². The largest absolute Gasteiger partial charge is 0.352 e. The number of carbonyl (C=O) groups is 1. The van der Waals surface area contributed by atoms with Crippen molar-refractivity contribution in [1.82, 2.24) is 15.1 Å². The van der Waals surface area contributed by atoms with Crippen LogP contribution < -0.4 is 5.32 Å². The maximum Gasteiger partial charge on any atom is 0.226 e. The van der Waals surface area contributed by atoms with Crippen LogP contribution in [0.15, 0.2) is 30.5 Å². The van der Waals surface area contributed by atoms with E-state index in [1.165, 1.54) is 12.1 Å². The molecule has 0 unspecified atom stereocenters. The fourth-order valence-corrected chi connectivity index (χ4v) is 1.89. The molecule has 1 aromatic carbocycles. The summed E-state index contributed by atoms with van der Waals surface area (Å²) in [6, 6.07) is 5.88. The van der Waals surface area contributed by atoms with Crippen molar-refractivity contribution in [3.8, 4) is 0 Å². The Morgan fingerprint density at radius 2 is 2.26 bits per heavy atom. The van der Waals surface area contributed by atoms with Crippen LogP contribution in [0.3, 0.4) is 0 Å². The van der Waals surface area contributed by atoms with Gasteiger partial charge in [-0.1, -0.05) is 17.7 Å². The van der Waals surface area contributed by atoms with Crippen LogP contribution >= 0.6 is 11.6 Å². The molecular formula is C13H13ClFN3O. The number of rotatable bonds is 4. The second kappa shape index (κ2) is 5.84. The van der Waals surface area contributed by atoms with Gasteiger partial charge in [0.05, 0.1) is 6.42 Å². The summed E-state index contributed by atoms with van der Waals surface area (Å²) in [6.45, 7) is 0.274. The predicted octanol–water partition coefficient (Wildman–Crippen LogP) is 2.07. The molecule has 0 aliphatic rings. The zero-order valence-electron chi connectivity index (χ0n) is 10.4. The average Bonchev–Trinajstić information content (AvgIpc) is 2.74. The lowest BCUT2D eigenvalue weighted by Gasteiger charge is -2.07. The number of carbonyl (C=O) groups excluding carboxylic acids is 1. The van der Waals surface area contributed by atoms with Crippen molar-refractivity contribution in [2.24, 2.45) is 7.05 Å². The molecule has 0 aliphatic carbocycles. The van der Waals surface area contributed by atoms with E-state index in [1.54, 1.807) is 30.1 Å². The quantitative estimate of drug-likeness (QED) is 0.933. The highest BCUT2D eigenvalue weighted by Crippen LogP contribution is 2.16. The smallest absolute Gasteiger partial charge is 0.226 e. The minimum absolute atomic E-state index is 0.135. The first-order valence-corrected chi connectivity index (χ1v) is 6.11. The lowest BCUT2D eigenvalue weighted by atomic mass is 10.2. The van der Waals surface area contributed by atoms with Crippen LogP contribution in [0.4, 0.5) is 4.39 Å². The van der Waals surface area contributed by atoms with Gasteiger partial charge in [-0.05, 0) is 23.8 Å². The Kier molecular flexibility index (Phi) is 4.16. The molecule has 0 radical (unpaired) electrons. The van der Waals surface area contributed by atoms with Crippen LogP contribution in [0.2, 0.25) is 5.02 Å².